The van der Waals surface area contributed by atoms with Crippen LogP contribution in [0.4, 0.5) is 0 Å². The molecule has 0 aliphatic carbocycles. The van der Waals surface area contributed by atoms with Crippen molar-refractivity contribution in [2.24, 2.45) is 0 Å². The van der Waals surface area contributed by atoms with Gasteiger partial charge in [0.05, 0.1) is 51.6 Å². The minimum absolute atomic E-state index is 0.538. The summed E-state index contributed by atoms with van der Waals surface area (Å²) in [5.74, 6) is 0. The Labute approximate surface area is 294 Å². The van der Waals surface area contributed by atoms with E-state index in [2.05, 4.69) is 126 Å². The Bertz CT molecular complexity index is 2870. The first-order valence-electron chi connectivity index (χ1n) is 16.7. The lowest BCUT2D eigenvalue weighted by Crippen LogP contribution is -1.99. The van der Waals surface area contributed by atoms with Gasteiger partial charge in [0.15, 0.2) is 0 Å². The van der Waals surface area contributed by atoms with Crippen molar-refractivity contribution in [1.29, 1.82) is 15.8 Å². The average molecular weight is 647 g/mol. The normalized spacial score (nSPS) is 11.1. The predicted molar refractivity (Wildman–Crippen MR) is 206 cm³/mol. The van der Waals surface area contributed by atoms with Gasteiger partial charge in [-0.3, -0.25) is 0 Å². The van der Waals surface area contributed by atoms with Gasteiger partial charge in [0.2, 0.25) is 0 Å². The molecule has 0 amide bonds. The highest BCUT2D eigenvalue weighted by atomic mass is 15.0. The quantitative estimate of drug-likeness (QED) is 0.179. The maximum absolute atomic E-state index is 10.1. The van der Waals surface area contributed by atoms with E-state index in [1.807, 2.05) is 54.6 Å². The van der Waals surface area contributed by atoms with E-state index in [9.17, 15) is 15.8 Å². The highest BCUT2D eigenvalue weighted by Gasteiger charge is 2.20. The lowest BCUT2D eigenvalue weighted by Gasteiger charge is -2.19. The number of rotatable bonds is 4. The Morgan fingerprint density at radius 3 is 1.35 bits per heavy atom. The summed E-state index contributed by atoms with van der Waals surface area (Å²) in [6, 6.07) is 60.5. The first-order chi connectivity index (χ1) is 25.2. The number of nitrogens with zero attached hydrogens (tertiary/aromatic N) is 4. The Morgan fingerprint density at radius 2 is 0.804 bits per heavy atom. The fourth-order valence-electron chi connectivity index (χ4n) is 7.65. The molecule has 0 saturated carbocycles. The molecule has 0 atom stereocenters. The van der Waals surface area contributed by atoms with Crippen LogP contribution in [0, 0.1) is 34.0 Å². The van der Waals surface area contributed by atoms with Gasteiger partial charge >= 0.3 is 0 Å². The summed E-state index contributed by atoms with van der Waals surface area (Å²) >= 11 is 0. The summed E-state index contributed by atoms with van der Waals surface area (Å²) in [5.41, 5.74) is 10.9. The zero-order chi connectivity index (χ0) is 34.5. The number of hydrogen-bond donors (Lipinski definition) is 0. The lowest BCUT2D eigenvalue weighted by molar-refractivity contribution is 1.18. The van der Waals surface area contributed by atoms with E-state index in [-0.39, 0.29) is 0 Å². The van der Waals surface area contributed by atoms with E-state index in [1.54, 1.807) is 0 Å². The van der Waals surface area contributed by atoms with Crippen LogP contribution in [-0.4, -0.2) is 4.57 Å². The smallest absolute Gasteiger partial charge is 0.0992 e. The topological polar surface area (TPSA) is 76.3 Å². The Balaban J connectivity index is 1.32. The van der Waals surface area contributed by atoms with Crippen LogP contribution in [0.15, 0.2) is 158 Å². The second kappa shape index (κ2) is 11.9. The molecule has 0 saturated heterocycles. The zero-order valence-electron chi connectivity index (χ0n) is 27.3. The van der Waals surface area contributed by atoms with Crippen LogP contribution in [0.3, 0.4) is 0 Å². The van der Waals surface area contributed by atoms with Crippen LogP contribution >= 0.6 is 0 Å². The summed E-state index contributed by atoms with van der Waals surface area (Å²) in [6.45, 7) is 0. The molecule has 0 N–H and O–H groups in total. The van der Waals surface area contributed by atoms with Crippen LogP contribution in [0.25, 0.3) is 82.4 Å². The molecule has 9 aromatic rings. The van der Waals surface area contributed by atoms with Gasteiger partial charge in [0.25, 0.3) is 0 Å². The molecule has 51 heavy (non-hydrogen) atoms. The number of nitriles is 3. The molecule has 1 heterocycles. The van der Waals surface area contributed by atoms with Crippen LogP contribution in [0.5, 0.6) is 0 Å². The third-order valence-electron chi connectivity index (χ3n) is 9.85. The molecule has 8 aromatic carbocycles. The van der Waals surface area contributed by atoms with Gasteiger partial charge in [-0.2, -0.15) is 15.8 Å². The Morgan fingerprint density at radius 1 is 0.353 bits per heavy atom. The number of aromatic nitrogens is 1. The third kappa shape index (κ3) is 4.74. The van der Waals surface area contributed by atoms with Crippen molar-refractivity contribution in [1.82, 2.24) is 4.57 Å². The number of fused-ring (bicyclic) bond motifs is 5. The third-order valence-corrected chi connectivity index (χ3v) is 9.85. The van der Waals surface area contributed by atoms with Crippen molar-refractivity contribution >= 4 is 43.4 Å². The average Bonchev–Trinajstić information content (AvgIpc) is 3.52. The highest BCUT2D eigenvalue weighted by Crippen LogP contribution is 2.45. The van der Waals surface area contributed by atoms with Crippen molar-refractivity contribution in [3.63, 3.8) is 0 Å². The molecule has 0 bridgehead atoms. The molecule has 4 heteroatoms. The fraction of sp³-hybridized carbons (Fsp3) is 0. The van der Waals surface area contributed by atoms with Crippen molar-refractivity contribution in [3.8, 4) is 57.3 Å². The molecule has 0 spiro atoms. The van der Waals surface area contributed by atoms with Gasteiger partial charge in [0, 0.05) is 16.3 Å². The maximum atomic E-state index is 10.1. The van der Waals surface area contributed by atoms with Crippen molar-refractivity contribution < 1.29 is 0 Å². The van der Waals surface area contributed by atoms with Gasteiger partial charge in [-0.05, 0) is 104 Å². The SMILES string of the molecule is N#Cc1ccc(-c2cccc(-c3c4ccccc4c(-c4ccccc4)c4ccccc34)c2)c(-n2c3ccc(C#N)cc3c3cc(C#N)ccc32)c1. The van der Waals surface area contributed by atoms with E-state index >= 15 is 0 Å². The molecule has 0 aliphatic heterocycles. The Kier molecular flexibility index (Phi) is 6.93. The highest BCUT2D eigenvalue weighted by molar-refractivity contribution is 6.21. The van der Waals surface area contributed by atoms with Gasteiger partial charge in [-0.25, -0.2) is 0 Å². The Hall–Kier alpha value is -7.45. The fourth-order valence-corrected chi connectivity index (χ4v) is 7.65. The van der Waals surface area contributed by atoms with Crippen molar-refractivity contribution in [3.05, 3.63) is 174 Å². The maximum Gasteiger partial charge on any atom is 0.0992 e. The monoisotopic (exact) mass is 646 g/mol. The van der Waals surface area contributed by atoms with Crippen LogP contribution in [-0.2, 0) is 0 Å². The minimum Gasteiger partial charge on any atom is -0.309 e. The molecule has 0 aliphatic rings. The standard InChI is InChI=1S/C47H26N4/c48-27-30-18-21-43-41(23-30)42-24-31(28-49)19-22-44(42)51(43)45-25-32(29-50)17-20-36(45)34-11-8-12-35(26-34)47-39-15-6-4-13-37(39)46(33-9-2-1-3-10-33)38-14-5-7-16-40(38)47/h1-26H. The number of benzene rings is 8. The summed E-state index contributed by atoms with van der Waals surface area (Å²) < 4.78 is 2.15. The molecule has 0 radical (unpaired) electrons. The van der Waals surface area contributed by atoms with E-state index in [4.69, 9.17) is 0 Å². The molecular weight excluding hydrogens is 621 g/mol. The summed E-state index contributed by atoms with van der Waals surface area (Å²) in [4.78, 5) is 0. The van der Waals surface area contributed by atoms with Gasteiger partial charge in [-0.1, -0.05) is 103 Å². The van der Waals surface area contributed by atoms with Crippen LogP contribution in [0.2, 0.25) is 0 Å². The van der Waals surface area contributed by atoms with Crippen molar-refractivity contribution in [2.45, 2.75) is 0 Å². The molecule has 0 fully saturated rings. The molecular formula is C47H26N4. The zero-order valence-corrected chi connectivity index (χ0v) is 27.3. The second-order valence-corrected chi connectivity index (χ2v) is 12.7. The second-order valence-electron chi connectivity index (χ2n) is 12.7. The van der Waals surface area contributed by atoms with Gasteiger partial charge < -0.3 is 4.57 Å². The van der Waals surface area contributed by atoms with Crippen molar-refractivity contribution in [2.75, 3.05) is 0 Å². The molecule has 234 valence electrons. The summed E-state index contributed by atoms with van der Waals surface area (Å²) in [6.07, 6.45) is 0. The molecule has 4 nitrogen and oxygen atoms in total. The minimum atomic E-state index is 0.538. The van der Waals surface area contributed by atoms with E-state index in [0.29, 0.717) is 16.7 Å². The van der Waals surface area contributed by atoms with Gasteiger partial charge in [-0.15, -0.1) is 0 Å². The van der Waals surface area contributed by atoms with E-state index in [1.165, 1.54) is 38.2 Å². The molecule has 0 unspecified atom stereocenters. The van der Waals surface area contributed by atoms with Crippen LogP contribution < -0.4 is 0 Å². The first-order valence-corrected chi connectivity index (χ1v) is 16.7. The van der Waals surface area contributed by atoms with E-state index in [0.717, 1.165) is 44.2 Å². The summed E-state index contributed by atoms with van der Waals surface area (Å²) in [5, 5.41) is 36.0. The summed E-state index contributed by atoms with van der Waals surface area (Å²) in [7, 11) is 0. The lowest BCUT2D eigenvalue weighted by atomic mass is 9.85. The first kappa shape index (κ1) is 29.7. The molecule has 9 rings (SSSR count). The van der Waals surface area contributed by atoms with Crippen LogP contribution in [0.1, 0.15) is 16.7 Å². The van der Waals surface area contributed by atoms with E-state index < -0.39 is 0 Å². The van der Waals surface area contributed by atoms with Gasteiger partial charge in [0.1, 0.15) is 0 Å². The predicted octanol–water partition coefficient (Wildman–Crippen LogP) is 11.7. The molecule has 1 aromatic heterocycles. The largest absolute Gasteiger partial charge is 0.309 e. The number of hydrogen-bond acceptors (Lipinski definition) is 3.